The molecule has 0 rings (SSSR count). The Kier molecular flexibility index (Phi) is 16.9. The molecule has 0 saturated carbocycles. The number of carbonyl (C=O) groups is 2. The Balaban J connectivity index is 0. The standard InChI is InChI=1S/C15H29NO5.K/c1-2-3-4-5-6-7-10-16(13-17,11-8-14(18)19)12-9-15(20)21;/h17H,2-13H2,1H3,(H-,18,19,20,21);/q;+1. The second kappa shape index (κ2) is 15.0. The number of carbonyl (C=O) groups excluding carboxylic acids is 1. The molecule has 0 heterocycles. The normalized spacial score (nSPS) is 13.2. The van der Waals surface area contributed by atoms with Crippen molar-refractivity contribution in [2.45, 2.75) is 58.3 Å². The molecule has 0 aromatic heterocycles. The zero-order valence-corrected chi connectivity index (χ0v) is 17.2. The van der Waals surface area contributed by atoms with Crippen LogP contribution in [0.15, 0.2) is 0 Å². The minimum atomic E-state index is -1.16. The molecule has 0 aliphatic rings. The van der Waals surface area contributed by atoms with Gasteiger partial charge in [0.05, 0.1) is 26.1 Å². The molecular formula is C15H29KNO5+. The Morgan fingerprint density at radius 3 is 2.00 bits per heavy atom. The fraction of sp³-hybridized carbons (Fsp3) is 0.867. The topological polar surface area (TPSA) is 97.7 Å². The van der Waals surface area contributed by atoms with Crippen LogP contribution in [0, 0.1) is 0 Å². The summed E-state index contributed by atoms with van der Waals surface area (Å²) in [6.45, 7) is 3.02. The van der Waals surface area contributed by atoms with Crippen molar-refractivity contribution < 1.29 is 80.8 Å². The molecule has 6 nitrogen and oxygen atoms in total. The van der Waals surface area contributed by atoms with Gasteiger partial charge in [-0.05, 0) is 12.8 Å². The van der Waals surface area contributed by atoms with Crippen molar-refractivity contribution in [1.29, 1.82) is 0 Å². The van der Waals surface area contributed by atoms with E-state index in [0.717, 1.165) is 19.3 Å². The molecule has 0 bridgehead atoms. The van der Waals surface area contributed by atoms with E-state index in [0.29, 0.717) is 6.54 Å². The predicted molar refractivity (Wildman–Crippen MR) is 77.2 cm³/mol. The number of nitrogens with zero attached hydrogens (tertiary/aromatic N) is 1. The molecule has 0 spiro atoms. The van der Waals surface area contributed by atoms with E-state index in [1.165, 1.54) is 19.3 Å². The Bertz CT molecular complexity index is 294. The number of hydrogen-bond acceptors (Lipinski definition) is 4. The molecule has 2 N–H and O–H groups in total. The number of unbranched alkanes of at least 4 members (excludes halogenated alkanes) is 5. The predicted octanol–water partition coefficient (Wildman–Crippen LogP) is -2.27. The monoisotopic (exact) mass is 342 g/mol. The van der Waals surface area contributed by atoms with Gasteiger partial charge in [-0.3, -0.25) is 4.79 Å². The SMILES string of the molecule is CCCCCCCC[N+](CO)(CCC(=O)[O-])CCC(=O)O.[K+]. The van der Waals surface area contributed by atoms with Gasteiger partial charge in [0.15, 0.2) is 6.73 Å². The molecule has 0 aromatic rings. The fourth-order valence-corrected chi connectivity index (χ4v) is 2.44. The minimum Gasteiger partial charge on any atom is -0.550 e. The van der Waals surface area contributed by atoms with Crippen molar-refractivity contribution in [3.63, 3.8) is 0 Å². The van der Waals surface area contributed by atoms with Crippen molar-refractivity contribution in [2.24, 2.45) is 0 Å². The minimum absolute atomic E-state index is 0. The summed E-state index contributed by atoms with van der Waals surface area (Å²) < 4.78 is 0.133. The van der Waals surface area contributed by atoms with Crippen LogP contribution >= 0.6 is 0 Å². The maximum absolute atomic E-state index is 10.7. The van der Waals surface area contributed by atoms with E-state index in [9.17, 15) is 19.8 Å². The molecule has 22 heavy (non-hydrogen) atoms. The number of carboxylic acid groups (broad SMARTS) is 2. The molecular weight excluding hydrogens is 313 g/mol. The molecule has 1 unspecified atom stereocenters. The van der Waals surface area contributed by atoms with E-state index in [4.69, 9.17) is 5.11 Å². The van der Waals surface area contributed by atoms with Crippen molar-refractivity contribution in [1.82, 2.24) is 0 Å². The Labute approximate surface area is 175 Å². The Morgan fingerprint density at radius 1 is 0.955 bits per heavy atom. The first-order valence-electron chi connectivity index (χ1n) is 7.83. The van der Waals surface area contributed by atoms with E-state index >= 15 is 0 Å². The van der Waals surface area contributed by atoms with Crippen LogP contribution in [0.25, 0.3) is 0 Å². The molecule has 0 aliphatic heterocycles. The van der Waals surface area contributed by atoms with Crippen molar-refractivity contribution in [3.8, 4) is 0 Å². The summed E-state index contributed by atoms with van der Waals surface area (Å²) in [5.41, 5.74) is 0. The van der Waals surface area contributed by atoms with Crippen LogP contribution in [-0.4, -0.2) is 53.0 Å². The van der Waals surface area contributed by atoms with Crippen LogP contribution in [0.3, 0.4) is 0 Å². The van der Waals surface area contributed by atoms with Crippen LogP contribution < -0.4 is 56.5 Å². The number of aliphatic carboxylic acids is 2. The molecule has 0 saturated heterocycles. The summed E-state index contributed by atoms with van der Waals surface area (Å²) in [7, 11) is 0. The fourth-order valence-electron chi connectivity index (χ4n) is 2.44. The van der Waals surface area contributed by atoms with Gasteiger partial charge in [0.2, 0.25) is 0 Å². The number of quaternary nitrogens is 1. The van der Waals surface area contributed by atoms with Crippen molar-refractivity contribution >= 4 is 11.9 Å². The smallest absolute Gasteiger partial charge is 0.550 e. The van der Waals surface area contributed by atoms with Crippen LogP contribution in [-0.2, 0) is 9.59 Å². The molecule has 0 radical (unpaired) electrons. The van der Waals surface area contributed by atoms with E-state index in [-0.39, 0.29) is 88.5 Å². The number of aliphatic hydroxyl groups is 1. The maximum atomic E-state index is 10.7. The second-order valence-corrected chi connectivity index (χ2v) is 5.69. The largest absolute Gasteiger partial charge is 1.00 e. The zero-order chi connectivity index (χ0) is 16.1. The molecule has 0 aromatic carbocycles. The second-order valence-electron chi connectivity index (χ2n) is 5.69. The van der Waals surface area contributed by atoms with Crippen LogP contribution in [0.4, 0.5) is 0 Å². The van der Waals surface area contributed by atoms with Crippen LogP contribution in [0.5, 0.6) is 0 Å². The van der Waals surface area contributed by atoms with Gasteiger partial charge in [0.25, 0.3) is 0 Å². The number of carboxylic acids is 2. The van der Waals surface area contributed by atoms with Gasteiger partial charge in [-0.2, -0.15) is 0 Å². The number of rotatable bonds is 14. The van der Waals surface area contributed by atoms with E-state index in [2.05, 4.69) is 6.92 Å². The number of hydrogen-bond donors (Lipinski definition) is 2. The summed E-state index contributed by atoms with van der Waals surface area (Å²) in [4.78, 5) is 21.4. The van der Waals surface area contributed by atoms with Gasteiger partial charge in [0.1, 0.15) is 0 Å². The molecule has 124 valence electrons. The van der Waals surface area contributed by atoms with Gasteiger partial charge in [0, 0.05) is 12.4 Å². The summed E-state index contributed by atoms with van der Waals surface area (Å²) >= 11 is 0. The summed E-state index contributed by atoms with van der Waals surface area (Å²) in [5.74, 6) is -2.09. The first kappa shape index (κ1) is 24.7. The van der Waals surface area contributed by atoms with Gasteiger partial charge in [-0.25, -0.2) is 0 Å². The molecule has 1 atom stereocenters. The molecule has 0 amide bonds. The molecule has 0 fully saturated rings. The van der Waals surface area contributed by atoms with Gasteiger partial charge in [-0.1, -0.05) is 32.6 Å². The Morgan fingerprint density at radius 2 is 1.50 bits per heavy atom. The number of aliphatic hydroxyl groups excluding tert-OH is 1. The molecule has 7 heteroatoms. The third-order valence-electron chi connectivity index (χ3n) is 3.88. The summed E-state index contributed by atoms with van der Waals surface area (Å²) in [6.07, 6.45) is 6.38. The zero-order valence-electron chi connectivity index (χ0n) is 14.1. The first-order valence-corrected chi connectivity index (χ1v) is 7.83. The average Bonchev–Trinajstić information content (AvgIpc) is 2.45. The van der Waals surface area contributed by atoms with Gasteiger partial charge in [-0.15, -0.1) is 0 Å². The maximum Gasteiger partial charge on any atom is 1.00 e. The van der Waals surface area contributed by atoms with E-state index in [1.54, 1.807) is 0 Å². The van der Waals surface area contributed by atoms with Crippen molar-refractivity contribution in [2.75, 3.05) is 26.4 Å². The first-order chi connectivity index (χ1) is 9.95. The summed E-state index contributed by atoms with van der Waals surface area (Å²) in [5, 5.41) is 29.0. The van der Waals surface area contributed by atoms with Gasteiger partial charge < -0.3 is 24.6 Å². The van der Waals surface area contributed by atoms with Crippen molar-refractivity contribution in [3.05, 3.63) is 0 Å². The third kappa shape index (κ3) is 13.0. The van der Waals surface area contributed by atoms with E-state index < -0.39 is 11.9 Å². The average molecular weight is 342 g/mol. The van der Waals surface area contributed by atoms with E-state index in [1.807, 2.05) is 0 Å². The van der Waals surface area contributed by atoms with Crippen LogP contribution in [0.1, 0.15) is 58.3 Å². The van der Waals surface area contributed by atoms with Crippen LogP contribution in [0.2, 0.25) is 0 Å². The summed E-state index contributed by atoms with van der Waals surface area (Å²) in [6, 6.07) is 0. The Hall–Kier alpha value is 0.496. The molecule has 0 aliphatic carbocycles. The van der Waals surface area contributed by atoms with Gasteiger partial charge >= 0.3 is 57.4 Å². The third-order valence-corrected chi connectivity index (χ3v) is 3.88. The quantitative estimate of drug-likeness (QED) is 0.161.